The Morgan fingerprint density at radius 3 is 2.77 bits per heavy atom. The first kappa shape index (κ1) is 18.0. The first-order valence-corrected chi connectivity index (χ1v) is 8.86. The molecule has 5 nitrogen and oxygen atoms in total. The largest absolute Gasteiger partial charge is 0.439 e. The molecular formula is C20H20ClN3O2. The van der Waals surface area contributed by atoms with E-state index in [-0.39, 0.29) is 5.91 Å². The van der Waals surface area contributed by atoms with Gasteiger partial charge in [-0.25, -0.2) is 4.98 Å². The molecule has 3 rings (SSSR count). The average Bonchev–Trinajstić information content (AvgIpc) is 3.14. The Bertz CT molecular complexity index is 875. The van der Waals surface area contributed by atoms with Crippen LogP contribution < -0.4 is 10.6 Å². The average molecular weight is 370 g/mol. The van der Waals surface area contributed by atoms with E-state index in [1.54, 1.807) is 12.3 Å². The zero-order valence-corrected chi connectivity index (χ0v) is 15.2. The number of nitrogens with zero attached hydrogens (tertiary/aromatic N) is 1. The highest BCUT2D eigenvalue weighted by atomic mass is 35.5. The lowest BCUT2D eigenvalue weighted by atomic mass is 10.2. The van der Waals surface area contributed by atoms with Crippen LogP contribution in [0.15, 0.2) is 59.1 Å². The van der Waals surface area contributed by atoms with Crippen LogP contribution in [0.3, 0.4) is 0 Å². The third-order valence-electron chi connectivity index (χ3n) is 3.79. The van der Waals surface area contributed by atoms with Crippen LogP contribution in [0.5, 0.6) is 0 Å². The number of hydrogen-bond acceptors (Lipinski definition) is 4. The summed E-state index contributed by atoms with van der Waals surface area (Å²) in [5.41, 5.74) is 2.38. The highest BCUT2D eigenvalue weighted by Gasteiger charge is 2.08. The maximum Gasteiger partial charge on any atom is 0.251 e. The summed E-state index contributed by atoms with van der Waals surface area (Å²) in [4.78, 5) is 16.3. The fourth-order valence-electron chi connectivity index (χ4n) is 2.43. The zero-order chi connectivity index (χ0) is 18.4. The van der Waals surface area contributed by atoms with E-state index in [9.17, 15) is 4.79 Å². The van der Waals surface area contributed by atoms with Gasteiger partial charge >= 0.3 is 0 Å². The fourth-order valence-corrected chi connectivity index (χ4v) is 2.55. The third kappa shape index (κ3) is 4.64. The van der Waals surface area contributed by atoms with Crippen molar-refractivity contribution in [3.63, 3.8) is 0 Å². The summed E-state index contributed by atoms with van der Waals surface area (Å²) < 4.78 is 5.77. The van der Waals surface area contributed by atoms with Gasteiger partial charge in [0.25, 0.3) is 5.91 Å². The molecule has 0 saturated carbocycles. The highest BCUT2D eigenvalue weighted by Crippen LogP contribution is 2.22. The predicted molar refractivity (Wildman–Crippen MR) is 103 cm³/mol. The maximum absolute atomic E-state index is 12.0. The molecule has 0 saturated heterocycles. The van der Waals surface area contributed by atoms with Gasteiger partial charge in [0.1, 0.15) is 0 Å². The predicted octanol–water partition coefficient (Wildman–Crippen LogP) is 4.75. The molecule has 3 aromatic rings. The molecule has 0 fully saturated rings. The number of halogens is 1. The van der Waals surface area contributed by atoms with Crippen molar-refractivity contribution in [3.8, 4) is 11.3 Å². The third-order valence-corrected chi connectivity index (χ3v) is 4.04. The maximum atomic E-state index is 12.0. The van der Waals surface area contributed by atoms with Crippen molar-refractivity contribution < 1.29 is 9.21 Å². The Kier molecular flexibility index (Phi) is 5.92. The lowest BCUT2D eigenvalue weighted by Gasteiger charge is -2.07. The Balaban J connectivity index is 1.62. The second-order valence-corrected chi connectivity index (χ2v) is 6.25. The van der Waals surface area contributed by atoms with Gasteiger partial charge in [0.15, 0.2) is 5.76 Å². The minimum Gasteiger partial charge on any atom is -0.439 e. The molecule has 0 bridgehead atoms. The molecule has 0 radical (unpaired) electrons. The van der Waals surface area contributed by atoms with Crippen molar-refractivity contribution in [1.82, 2.24) is 10.3 Å². The molecule has 0 aliphatic carbocycles. The van der Waals surface area contributed by atoms with Gasteiger partial charge < -0.3 is 15.1 Å². The van der Waals surface area contributed by atoms with Crippen LogP contribution in [0.1, 0.15) is 29.6 Å². The van der Waals surface area contributed by atoms with Gasteiger partial charge in [0.05, 0.1) is 12.7 Å². The molecule has 0 aliphatic rings. The summed E-state index contributed by atoms with van der Waals surface area (Å²) in [7, 11) is 0. The van der Waals surface area contributed by atoms with E-state index >= 15 is 0 Å². The summed E-state index contributed by atoms with van der Waals surface area (Å²) in [6.07, 6.45) is 2.60. The normalized spacial score (nSPS) is 10.5. The van der Waals surface area contributed by atoms with Gasteiger partial charge in [-0.3, -0.25) is 4.79 Å². The topological polar surface area (TPSA) is 67.2 Å². The monoisotopic (exact) mass is 369 g/mol. The van der Waals surface area contributed by atoms with Gasteiger partial charge in [-0.2, -0.15) is 0 Å². The van der Waals surface area contributed by atoms with Crippen LogP contribution in [-0.4, -0.2) is 17.4 Å². The lowest BCUT2D eigenvalue weighted by molar-refractivity contribution is 0.0953. The van der Waals surface area contributed by atoms with Crippen LogP contribution in [0.4, 0.5) is 5.69 Å². The molecule has 26 heavy (non-hydrogen) atoms. The van der Waals surface area contributed by atoms with Crippen LogP contribution in [0, 0.1) is 0 Å². The minimum atomic E-state index is -0.0725. The number of amides is 1. The van der Waals surface area contributed by atoms with E-state index in [1.807, 2.05) is 49.4 Å². The molecule has 0 aliphatic heterocycles. The number of benzene rings is 2. The second-order valence-electron chi connectivity index (χ2n) is 5.82. The van der Waals surface area contributed by atoms with Crippen molar-refractivity contribution in [3.05, 3.63) is 71.2 Å². The zero-order valence-electron chi connectivity index (χ0n) is 14.5. The Morgan fingerprint density at radius 1 is 1.19 bits per heavy atom. The van der Waals surface area contributed by atoms with Crippen LogP contribution in [0.2, 0.25) is 5.02 Å². The fraction of sp³-hybridized carbons (Fsp3) is 0.200. The number of nitrogens with one attached hydrogen (secondary N) is 2. The number of aromatic nitrogens is 1. The smallest absolute Gasteiger partial charge is 0.251 e. The molecule has 0 unspecified atom stereocenters. The molecule has 6 heteroatoms. The molecule has 0 spiro atoms. The van der Waals surface area contributed by atoms with Gasteiger partial charge in [-0.15, -0.1) is 0 Å². The molecule has 1 heterocycles. The highest BCUT2D eigenvalue weighted by molar-refractivity contribution is 6.30. The van der Waals surface area contributed by atoms with Crippen LogP contribution in [-0.2, 0) is 6.54 Å². The van der Waals surface area contributed by atoms with Crippen molar-refractivity contribution >= 4 is 23.2 Å². The van der Waals surface area contributed by atoms with Gasteiger partial charge in [0, 0.05) is 28.4 Å². The Labute approximate surface area is 157 Å². The molecular weight excluding hydrogens is 350 g/mol. The number of oxazole rings is 1. The molecule has 1 aromatic heterocycles. The van der Waals surface area contributed by atoms with Gasteiger partial charge in [0.2, 0.25) is 5.89 Å². The Morgan fingerprint density at radius 2 is 2.00 bits per heavy atom. The van der Waals surface area contributed by atoms with Crippen LogP contribution in [0.25, 0.3) is 11.3 Å². The van der Waals surface area contributed by atoms with Gasteiger partial charge in [-0.1, -0.05) is 24.6 Å². The number of carbonyl (C=O) groups excluding carboxylic acids is 1. The summed E-state index contributed by atoms with van der Waals surface area (Å²) in [6.45, 7) is 3.11. The van der Waals surface area contributed by atoms with E-state index in [2.05, 4.69) is 15.6 Å². The number of hydrogen-bond donors (Lipinski definition) is 2. The van der Waals surface area contributed by atoms with E-state index in [4.69, 9.17) is 16.0 Å². The quantitative estimate of drug-likeness (QED) is 0.630. The molecule has 2 aromatic carbocycles. The summed E-state index contributed by atoms with van der Waals surface area (Å²) in [5.74, 6) is 1.18. The van der Waals surface area contributed by atoms with Crippen LogP contribution >= 0.6 is 11.6 Å². The molecule has 0 atom stereocenters. The first-order chi connectivity index (χ1) is 12.7. The van der Waals surface area contributed by atoms with E-state index in [0.717, 1.165) is 17.7 Å². The summed E-state index contributed by atoms with van der Waals surface area (Å²) in [5, 5.41) is 6.78. The number of anilines is 1. The lowest BCUT2D eigenvalue weighted by Crippen LogP contribution is -2.23. The van der Waals surface area contributed by atoms with Crippen molar-refractivity contribution in [2.24, 2.45) is 0 Å². The van der Waals surface area contributed by atoms with Gasteiger partial charge in [-0.05, 0) is 48.9 Å². The molecule has 2 N–H and O–H groups in total. The first-order valence-electron chi connectivity index (χ1n) is 8.48. The summed E-state index contributed by atoms with van der Waals surface area (Å²) >= 11 is 5.90. The van der Waals surface area contributed by atoms with E-state index in [0.29, 0.717) is 35.3 Å². The van der Waals surface area contributed by atoms with Crippen molar-refractivity contribution in [1.29, 1.82) is 0 Å². The van der Waals surface area contributed by atoms with E-state index < -0.39 is 0 Å². The molecule has 1 amide bonds. The standard InChI is InChI=1S/C20H20ClN3O2/c1-2-10-22-20(25)15-4-3-5-17(11-15)23-13-19-24-12-18(26-19)14-6-8-16(21)9-7-14/h3-9,11-12,23H,2,10,13H2,1H3,(H,22,25). The second kappa shape index (κ2) is 8.54. The van der Waals surface area contributed by atoms with Crippen molar-refractivity contribution in [2.75, 3.05) is 11.9 Å². The minimum absolute atomic E-state index is 0.0725. The number of carbonyl (C=O) groups is 1. The van der Waals surface area contributed by atoms with E-state index in [1.165, 1.54) is 0 Å². The summed E-state index contributed by atoms with van der Waals surface area (Å²) in [6, 6.07) is 14.8. The number of rotatable bonds is 7. The van der Waals surface area contributed by atoms with Crippen molar-refractivity contribution in [2.45, 2.75) is 19.9 Å². The SMILES string of the molecule is CCCNC(=O)c1cccc(NCc2ncc(-c3ccc(Cl)cc3)o2)c1. The Hall–Kier alpha value is -2.79. The molecule has 134 valence electrons.